The second-order valence-corrected chi connectivity index (χ2v) is 3.86. The van der Waals surface area contributed by atoms with Crippen molar-refractivity contribution in [3.63, 3.8) is 0 Å². The normalized spacial score (nSPS) is 11.1. The Labute approximate surface area is 88.9 Å². The van der Waals surface area contributed by atoms with Crippen LogP contribution in [0.25, 0.3) is 10.9 Å². The van der Waals surface area contributed by atoms with Gasteiger partial charge >= 0.3 is 0 Å². The molecule has 80 valence electrons. The number of aromatic nitrogens is 1. The standard InChI is InChI=1S/C12H16N2O/c1-8-4-5-10(13)11-9(3-2-6-15)7-14-12(8)11/h4-5,7,14-15H,2-3,6,13H2,1H3. The lowest BCUT2D eigenvalue weighted by Gasteiger charge is -2.03. The van der Waals surface area contributed by atoms with Gasteiger partial charge in [0.25, 0.3) is 0 Å². The predicted octanol–water partition coefficient (Wildman–Crippen LogP) is 1.98. The van der Waals surface area contributed by atoms with Crippen LogP contribution >= 0.6 is 0 Å². The SMILES string of the molecule is Cc1ccc(N)c2c(CCCO)c[nH]c12. The number of nitrogens with two attached hydrogens (primary N) is 1. The summed E-state index contributed by atoms with van der Waals surface area (Å²) in [5, 5.41) is 9.93. The van der Waals surface area contributed by atoms with E-state index in [2.05, 4.69) is 11.9 Å². The quantitative estimate of drug-likeness (QED) is 0.669. The van der Waals surface area contributed by atoms with E-state index in [1.807, 2.05) is 18.3 Å². The molecule has 2 aromatic rings. The van der Waals surface area contributed by atoms with Gasteiger partial charge in [-0.25, -0.2) is 0 Å². The smallest absolute Gasteiger partial charge is 0.0507 e. The Balaban J connectivity index is 2.53. The molecule has 0 radical (unpaired) electrons. The van der Waals surface area contributed by atoms with Crippen molar-refractivity contribution in [3.05, 3.63) is 29.5 Å². The van der Waals surface area contributed by atoms with Crippen LogP contribution in [0.1, 0.15) is 17.5 Å². The summed E-state index contributed by atoms with van der Waals surface area (Å²) in [6, 6.07) is 3.96. The predicted molar refractivity (Wildman–Crippen MR) is 62.9 cm³/mol. The average molecular weight is 204 g/mol. The maximum absolute atomic E-state index is 8.82. The third-order valence-corrected chi connectivity index (χ3v) is 2.76. The van der Waals surface area contributed by atoms with Crippen molar-refractivity contribution in [1.29, 1.82) is 0 Å². The number of fused-ring (bicyclic) bond motifs is 1. The van der Waals surface area contributed by atoms with E-state index in [0.29, 0.717) is 0 Å². The van der Waals surface area contributed by atoms with E-state index >= 15 is 0 Å². The van der Waals surface area contributed by atoms with Crippen LogP contribution < -0.4 is 5.73 Å². The molecule has 0 spiro atoms. The fraction of sp³-hybridized carbons (Fsp3) is 0.333. The highest BCUT2D eigenvalue weighted by Crippen LogP contribution is 2.27. The monoisotopic (exact) mass is 204 g/mol. The van der Waals surface area contributed by atoms with Gasteiger partial charge in [-0.05, 0) is 37.0 Å². The summed E-state index contributed by atoms with van der Waals surface area (Å²) in [4.78, 5) is 3.24. The van der Waals surface area contributed by atoms with E-state index in [1.54, 1.807) is 0 Å². The number of aliphatic hydroxyl groups excluding tert-OH is 1. The molecule has 0 bridgehead atoms. The molecule has 15 heavy (non-hydrogen) atoms. The fourth-order valence-corrected chi connectivity index (χ4v) is 1.95. The molecular formula is C12H16N2O. The van der Waals surface area contributed by atoms with Gasteiger partial charge in [-0.15, -0.1) is 0 Å². The molecule has 1 heterocycles. The number of nitrogen functional groups attached to an aromatic ring is 1. The summed E-state index contributed by atoms with van der Waals surface area (Å²) in [5.74, 6) is 0. The summed E-state index contributed by atoms with van der Waals surface area (Å²) in [5.41, 5.74) is 10.3. The number of rotatable bonds is 3. The van der Waals surface area contributed by atoms with Gasteiger partial charge in [-0.1, -0.05) is 6.07 Å². The van der Waals surface area contributed by atoms with Gasteiger partial charge in [0.15, 0.2) is 0 Å². The molecule has 3 nitrogen and oxygen atoms in total. The number of H-pyrrole nitrogens is 1. The molecule has 0 saturated heterocycles. The van der Waals surface area contributed by atoms with E-state index < -0.39 is 0 Å². The fourth-order valence-electron chi connectivity index (χ4n) is 1.95. The Morgan fingerprint density at radius 3 is 2.93 bits per heavy atom. The zero-order chi connectivity index (χ0) is 10.8. The van der Waals surface area contributed by atoms with Crippen molar-refractivity contribution in [1.82, 2.24) is 4.98 Å². The van der Waals surface area contributed by atoms with Gasteiger partial charge in [-0.2, -0.15) is 0 Å². The number of aryl methyl sites for hydroxylation is 2. The van der Waals surface area contributed by atoms with Crippen molar-refractivity contribution >= 4 is 16.6 Å². The maximum atomic E-state index is 8.82. The van der Waals surface area contributed by atoms with Gasteiger partial charge < -0.3 is 15.8 Å². The molecule has 2 rings (SSSR count). The van der Waals surface area contributed by atoms with Crippen LogP contribution in [0.2, 0.25) is 0 Å². The highest BCUT2D eigenvalue weighted by atomic mass is 16.2. The first kappa shape index (κ1) is 10.1. The maximum Gasteiger partial charge on any atom is 0.0507 e. The molecule has 1 aromatic heterocycles. The highest BCUT2D eigenvalue weighted by molar-refractivity contribution is 5.95. The minimum atomic E-state index is 0.221. The minimum Gasteiger partial charge on any atom is -0.398 e. The minimum absolute atomic E-state index is 0.221. The van der Waals surface area contributed by atoms with Crippen molar-refractivity contribution in [3.8, 4) is 0 Å². The molecule has 0 unspecified atom stereocenters. The summed E-state index contributed by atoms with van der Waals surface area (Å²) in [7, 11) is 0. The number of aliphatic hydroxyl groups is 1. The molecular weight excluding hydrogens is 188 g/mol. The summed E-state index contributed by atoms with van der Waals surface area (Å²) in [6.07, 6.45) is 3.63. The molecule has 0 aliphatic carbocycles. The zero-order valence-electron chi connectivity index (χ0n) is 8.88. The van der Waals surface area contributed by atoms with Crippen LogP contribution in [0, 0.1) is 6.92 Å². The molecule has 0 aliphatic rings. The molecule has 0 saturated carbocycles. The number of anilines is 1. The average Bonchev–Trinajstić information content (AvgIpc) is 2.65. The molecule has 0 fully saturated rings. The first-order valence-electron chi connectivity index (χ1n) is 5.20. The first-order valence-corrected chi connectivity index (χ1v) is 5.20. The zero-order valence-corrected chi connectivity index (χ0v) is 8.88. The number of hydrogen-bond donors (Lipinski definition) is 3. The lowest BCUT2D eigenvalue weighted by molar-refractivity contribution is 0.289. The highest BCUT2D eigenvalue weighted by Gasteiger charge is 2.08. The Morgan fingerprint density at radius 1 is 1.40 bits per heavy atom. The molecule has 0 atom stereocenters. The van der Waals surface area contributed by atoms with E-state index in [-0.39, 0.29) is 6.61 Å². The lowest BCUT2D eigenvalue weighted by Crippen LogP contribution is -1.92. The van der Waals surface area contributed by atoms with E-state index in [4.69, 9.17) is 10.8 Å². The molecule has 4 N–H and O–H groups in total. The number of nitrogens with one attached hydrogen (secondary N) is 1. The Kier molecular flexibility index (Phi) is 2.64. The van der Waals surface area contributed by atoms with Crippen molar-refractivity contribution in [2.24, 2.45) is 0 Å². The van der Waals surface area contributed by atoms with Crippen LogP contribution in [0.4, 0.5) is 5.69 Å². The third-order valence-electron chi connectivity index (χ3n) is 2.76. The summed E-state index contributed by atoms with van der Waals surface area (Å²) >= 11 is 0. The lowest BCUT2D eigenvalue weighted by atomic mass is 10.0. The van der Waals surface area contributed by atoms with Gasteiger partial charge in [0.2, 0.25) is 0 Å². The van der Waals surface area contributed by atoms with Gasteiger partial charge in [0.05, 0.1) is 5.52 Å². The third kappa shape index (κ3) is 1.70. The van der Waals surface area contributed by atoms with Crippen LogP contribution in [-0.4, -0.2) is 16.7 Å². The van der Waals surface area contributed by atoms with Crippen LogP contribution in [-0.2, 0) is 6.42 Å². The summed E-state index contributed by atoms with van der Waals surface area (Å²) in [6.45, 7) is 2.28. The molecule has 0 amide bonds. The molecule has 0 aliphatic heterocycles. The molecule has 1 aromatic carbocycles. The van der Waals surface area contributed by atoms with E-state index in [9.17, 15) is 0 Å². The van der Waals surface area contributed by atoms with Gasteiger partial charge in [0, 0.05) is 23.9 Å². The Bertz CT molecular complexity index is 474. The second kappa shape index (κ2) is 3.95. The first-order chi connectivity index (χ1) is 7.24. The van der Waals surface area contributed by atoms with Crippen molar-refractivity contribution in [2.75, 3.05) is 12.3 Å². The van der Waals surface area contributed by atoms with Crippen molar-refractivity contribution in [2.45, 2.75) is 19.8 Å². The topological polar surface area (TPSA) is 62.0 Å². The van der Waals surface area contributed by atoms with Crippen LogP contribution in [0.15, 0.2) is 18.3 Å². The van der Waals surface area contributed by atoms with E-state index in [1.165, 1.54) is 11.1 Å². The van der Waals surface area contributed by atoms with Gasteiger partial charge in [0.1, 0.15) is 0 Å². The largest absolute Gasteiger partial charge is 0.398 e. The van der Waals surface area contributed by atoms with E-state index in [0.717, 1.165) is 29.4 Å². The van der Waals surface area contributed by atoms with Crippen LogP contribution in [0.3, 0.4) is 0 Å². The number of hydrogen-bond acceptors (Lipinski definition) is 2. The summed E-state index contributed by atoms with van der Waals surface area (Å²) < 4.78 is 0. The number of aromatic amines is 1. The Hall–Kier alpha value is -1.48. The van der Waals surface area contributed by atoms with Crippen molar-refractivity contribution < 1.29 is 5.11 Å². The number of benzene rings is 1. The molecule has 3 heteroatoms. The van der Waals surface area contributed by atoms with Crippen LogP contribution in [0.5, 0.6) is 0 Å². The second-order valence-electron chi connectivity index (χ2n) is 3.86. The van der Waals surface area contributed by atoms with Gasteiger partial charge in [-0.3, -0.25) is 0 Å². The Morgan fingerprint density at radius 2 is 2.20 bits per heavy atom.